The predicted molar refractivity (Wildman–Crippen MR) is 100 cm³/mol. The molecule has 0 radical (unpaired) electrons. The summed E-state index contributed by atoms with van der Waals surface area (Å²) in [6.45, 7) is 0. The van der Waals surface area contributed by atoms with Gasteiger partial charge in [-0.2, -0.15) is 5.10 Å². The lowest BCUT2D eigenvalue weighted by molar-refractivity contribution is -0.385. The van der Waals surface area contributed by atoms with Crippen LogP contribution in [0.4, 0.5) is 17.1 Å². The number of nitrogens with zero attached hydrogens (tertiary/aromatic N) is 3. The lowest BCUT2D eigenvalue weighted by atomic mass is 10.1. The molecule has 27 heavy (non-hydrogen) atoms. The quantitative estimate of drug-likeness (QED) is 0.366. The van der Waals surface area contributed by atoms with Crippen molar-refractivity contribution in [3.8, 4) is 11.3 Å². The monoisotopic (exact) mass is 386 g/mol. The van der Waals surface area contributed by atoms with Gasteiger partial charge in [-0.15, -0.1) is 0 Å². The first-order valence-electron chi connectivity index (χ1n) is 7.52. The van der Waals surface area contributed by atoms with Crippen LogP contribution in [0, 0.1) is 20.2 Å². The highest BCUT2D eigenvalue weighted by molar-refractivity contribution is 6.33. The molecule has 0 bridgehead atoms. The van der Waals surface area contributed by atoms with E-state index in [-0.39, 0.29) is 16.4 Å². The topological polar surface area (TPSA) is 124 Å². The number of benzene rings is 2. The van der Waals surface area contributed by atoms with Crippen LogP contribution in [0.5, 0.6) is 0 Å². The Hall–Kier alpha value is -3.72. The molecule has 0 aliphatic heterocycles. The number of hydrogen-bond acceptors (Lipinski definition) is 7. The van der Waals surface area contributed by atoms with Crippen LogP contribution in [-0.2, 0) is 0 Å². The molecule has 0 unspecified atom stereocenters. The average molecular weight is 387 g/mol. The largest absolute Gasteiger partial charge is 0.455 e. The molecular formula is C17H11ClN4O5. The number of furan rings is 1. The summed E-state index contributed by atoms with van der Waals surface area (Å²) in [6, 6.07) is 13.2. The molecule has 0 amide bonds. The minimum Gasteiger partial charge on any atom is -0.455 e. The van der Waals surface area contributed by atoms with Crippen LogP contribution >= 0.6 is 11.6 Å². The molecule has 1 heterocycles. The zero-order chi connectivity index (χ0) is 19.4. The first-order chi connectivity index (χ1) is 12.9. The number of nitrogens with one attached hydrogen (secondary N) is 1. The van der Waals surface area contributed by atoms with Gasteiger partial charge in [0, 0.05) is 29.8 Å². The summed E-state index contributed by atoms with van der Waals surface area (Å²) in [7, 11) is 0. The third-order valence-electron chi connectivity index (χ3n) is 3.52. The number of rotatable bonds is 6. The first-order valence-corrected chi connectivity index (χ1v) is 7.89. The van der Waals surface area contributed by atoms with Crippen molar-refractivity contribution in [3.05, 3.63) is 85.6 Å². The predicted octanol–water partition coefficient (Wildman–Crippen LogP) is 4.86. The van der Waals surface area contributed by atoms with Crippen LogP contribution in [0.2, 0.25) is 5.02 Å². The van der Waals surface area contributed by atoms with E-state index in [0.717, 1.165) is 0 Å². The molecule has 0 fully saturated rings. The summed E-state index contributed by atoms with van der Waals surface area (Å²) < 4.78 is 5.61. The lowest BCUT2D eigenvalue weighted by Gasteiger charge is -2.00. The minimum atomic E-state index is -0.528. The fourth-order valence-corrected chi connectivity index (χ4v) is 2.48. The fraction of sp³-hybridized carbons (Fsp3) is 0. The number of nitro benzene ring substituents is 2. The molecule has 0 aliphatic rings. The zero-order valence-corrected chi connectivity index (χ0v) is 14.3. The Balaban J connectivity index is 1.69. The molecule has 0 aliphatic carbocycles. The van der Waals surface area contributed by atoms with Gasteiger partial charge in [-0.1, -0.05) is 11.6 Å². The van der Waals surface area contributed by atoms with Gasteiger partial charge >= 0.3 is 0 Å². The van der Waals surface area contributed by atoms with Crippen molar-refractivity contribution in [3.63, 3.8) is 0 Å². The average Bonchev–Trinajstić information content (AvgIpc) is 3.10. The molecule has 0 saturated heterocycles. The minimum absolute atomic E-state index is 0.0137. The molecule has 1 aromatic heterocycles. The summed E-state index contributed by atoms with van der Waals surface area (Å²) in [5, 5.41) is 25.6. The standard InChI is InChI=1S/C17H11ClN4O5/c18-16-9-13(22(25)26)5-7-15(16)17-8-6-14(27-17)10-19-20-11-1-3-12(4-2-11)21(23)24/h1-10,20H/b19-10+. The number of nitro groups is 2. The molecule has 0 spiro atoms. The molecule has 1 N–H and O–H groups in total. The molecule has 10 heteroatoms. The van der Waals surface area contributed by atoms with E-state index in [1.807, 2.05) is 0 Å². The molecule has 2 aromatic carbocycles. The van der Waals surface area contributed by atoms with Gasteiger partial charge < -0.3 is 4.42 Å². The van der Waals surface area contributed by atoms with Gasteiger partial charge in [0.05, 0.1) is 26.8 Å². The van der Waals surface area contributed by atoms with Crippen LogP contribution in [0.25, 0.3) is 11.3 Å². The number of hydrazone groups is 1. The highest BCUT2D eigenvalue weighted by Gasteiger charge is 2.13. The van der Waals surface area contributed by atoms with E-state index in [9.17, 15) is 20.2 Å². The van der Waals surface area contributed by atoms with E-state index in [1.165, 1.54) is 48.7 Å². The van der Waals surface area contributed by atoms with Crippen LogP contribution < -0.4 is 5.43 Å². The van der Waals surface area contributed by atoms with Crippen LogP contribution in [0.3, 0.4) is 0 Å². The zero-order valence-electron chi connectivity index (χ0n) is 13.5. The van der Waals surface area contributed by atoms with Crippen molar-refractivity contribution in [1.29, 1.82) is 0 Å². The smallest absolute Gasteiger partial charge is 0.270 e. The maximum Gasteiger partial charge on any atom is 0.270 e. The van der Waals surface area contributed by atoms with Crippen molar-refractivity contribution >= 4 is 34.9 Å². The van der Waals surface area contributed by atoms with Crippen molar-refractivity contribution in [2.45, 2.75) is 0 Å². The molecular weight excluding hydrogens is 376 g/mol. The van der Waals surface area contributed by atoms with E-state index in [4.69, 9.17) is 16.0 Å². The Kier molecular flexibility index (Phi) is 5.13. The van der Waals surface area contributed by atoms with E-state index in [1.54, 1.807) is 12.1 Å². The second kappa shape index (κ2) is 7.67. The van der Waals surface area contributed by atoms with E-state index in [0.29, 0.717) is 22.8 Å². The Morgan fingerprint density at radius 1 is 0.963 bits per heavy atom. The number of anilines is 1. The van der Waals surface area contributed by atoms with Crippen molar-refractivity contribution < 1.29 is 14.3 Å². The highest BCUT2D eigenvalue weighted by atomic mass is 35.5. The number of hydrogen-bond donors (Lipinski definition) is 1. The van der Waals surface area contributed by atoms with Crippen LogP contribution in [0.1, 0.15) is 5.76 Å². The normalized spacial score (nSPS) is 10.9. The Labute approximate surface area is 157 Å². The summed E-state index contributed by atoms with van der Waals surface area (Å²) in [4.78, 5) is 20.4. The molecule has 136 valence electrons. The lowest BCUT2D eigenvalue weighted by Crippen LogP contribution is -1.91. The second-order valence-corrected chi connectivity index (χ2v) is 5.70. The fourth-order valence-electron chi connectivity index (χ4n) is 2.21. The van der Waals surface area contributed by atoms with E-state index >= 15 is 0 Å². The van der Waals surface area contributed by atoms with Crippen molar-refractivity contribution in [2.75, 3.05) is 5.43 Å². The van der Waals surface area contributed by atoms with E-state index in [2.05, 4.69) is 10.5 Å². The van der Waals surface area contributed by atoms with Gasteiger partial charge in [0.25, 0.3) is 11.4 Å². The van der Waals surface area contributed by atoms with Gasteiger partial charge in [0.2, 0.25) is 0 Å². The van der Waals surface area contributed by atoms with Crippen LogP contribution in [-0.4, -0.2) is 16.1 Å². The Morgan fingerprint density at radius 3 is 2.26 bits per heavy atom. The first kappa shape index (κ1) is 18.1. The molecule has 0 saturated carbocycles. The maximum atomic E-state index is 10.8. The number of non-ortho nitro benzene ring substituents is 2. The SMILES string of the molecule is O=[N+]([O-])c1ccc(N/N=C/c2ccc(-c3ccc([N+](=O)[O-])cc3Cl)o2)cc1. The van der Waals surface area contributed by atoms with Crippen LogP contribution in [0.15, 0.2) is 64.1 Å². The van der Waals surface area contributed by atoms with E-state index < -0.39 is 9.85 Å². The summed E-state index contributed by atoms with van der Waals surface area (Å²) in [5.74, 6) is 0.862. The second-order valence-electron chi connectivity index (χ2n) is 5.30. The highest BCUT2D eigenvalue weighted by Crippen LogP contribution is 2.32. The van der Waals surface area contributed by atoms with Crippen molar-refractivity contribution in [1.82, 2.24) is 0 Å². The Bertz CT molecular complexity index is 1030. The molecule has 3 aromatic rings. The molecule has 0 atom stereocenters. The Morgan fingerprint density at radius 2 is 1.63 bits per heavy atom. The summed E-state index contributed by atoms with van der Waals surface area (Å²) >= 11 is 6.08. The van der Waals surface area contributed by atoms with Gasteiger partial charge in [0.15, 0.2) is 0 Å². The third kappa shape index (κ3) is 4.28. The van der Waals surface area contributed by atoms with Gasteiger partial charge in [-0.3, -0.25) is 25.7 Å². The van der Waals surface area contributed by atoms with Gasteiger partial charge in [-0.25, -0.2) is 0 Å². The summed E-state index contributed by atoms with van der Waals surface area (Å²) in [5.41, 5.74) is 3.69. The van der Waals surface area contributed by atoms with Crippen molar-refractivity contribution in [2.24, 2.45) is 5.10 Å². The molecule has 3 rings (SSSR count). The van der Waals surface area contributed by atoms with Gasteiger partial charge in [0.1, 0.15) is 11.5 Å². The number of halogens is 1. The molecule has 9 nitrogen and oxygen atoms in total. The maximum absolute atomic E-state index is 10.8. The van der Waals surface area contributed by atoms with Gasteiger partial charge in [-0.05, 0) is 30.3 Å². The summed E-state index contributed by atoms with van der Waals surface area (Å²) in [6.07, 6.45) is 1.42. The third-order valence-corrected chi connectivity index (χ3v) is 3.83.